The second kappa shape index (κ2) is 10.6. The Hall–Kier alpha value is -0.940. The van der Waals surface area contributed by atoms with Gasteiger partial charge in [0.1, 0.15) is 0 Å². The molecule has 0 aromatic rings. The number of hydrogen-bond donors (Lipinski definition) is 1. The van der Waals surface area contributed by atoms with E-state index in [1.807, 2.05) is 33.2 Å². The van der Waals surface area contributed by atoms with Crippen molar-refractivity contribution in [3.8, 4) is 12.3 Å². The van der Waals surface area contributed by atoms with E-state index in [0.29, 0.717) is 6.42 Å². The van der Waals surface area contributed by atoms with Gasteiger partial charge in [-0.2, -0.15) is 0 Å². The summed E-state index contributed by atoms with van der Waals surface area (Å²) in [5.41, 5.74) is 5.77. The number of nitrogens with two attached hydrogens (primary N) is 1. The van der Waals surface area contributed by atoms with E-state index < -0.39 is 0 Å². The molecule has 0 bridgehead atoms. The SMILES string of the molecule is C#CC/C=C\N(C)CCC(C)(C)N.CCC. The standard InChI is InChI=1S/C11H20N2.C3H8/c1-5-6-7-9-13(4)10-8-11(2,3)12;1-3-2/h1,7,9H,6,8,10,12H2,2-4H3;3H2,1-2H3/b9-7-;. The first-order valence-electron chi connectivity index (χ1n) is 5.96. The lowest BCUT2D eigenvalue weighted by Gasteiger charge is -2.22. The fourth-order valence-electron chi connectivity index (χ4n) is 0.840. The van der Waals surface area contributed by atoms with Gasteiger partial charge in [-0.3, -0.25) is 0 Å². The van der Waals surface area contributed by atoms with Crippen LogP contribution in [0.3, 0.4) is 0 Å². The Bertz CT molecular complexity index is 206. The molecule has 0 saturated carbocycles. The summed E-state index contributed by atoms with van der Waals surface area (Å²) >= 11 is 0. The van der Waals surface area contributed by atoms with Gasteiger partial charge in [0.2, 0.25) is 0 Å². The molecule has 2 nitrogen and oxygen atoms in total. The Morgan fingerprint density at radius 2 is 1.88 bits per heavy atom. The minimum Gasteiger partial charge on any atom is -0.381 e. The van der Waals surface area contributed by atoms with Crippen LogP contribution < -0.4 is 5.73 Å². The van der Waals surface area contributed by atoms with E-state index in [0.717, 1.165) is 13.0 Å². The minimum atomic E-state index is -0.0891. The molecule has 0 amide bonds. The lowest BCUT2D eigenvalue weighted by atomic mass is 10.0. The van der Waals surface area contributed by atoms with E-state index in [-0.39, 0.29) is 5.54 Å². The average Bonchev–Trinajstić information content (AvgIpc) is 2.15. The summed E-state index contributed by atoms with van der Waals surface area (Å²) in [6, 6.07) is 0. The highest BCUT2D eigenvalue weighted by molar-refractivity contribution is 4.95. The highest BCUT2D eigenvalue weighted by Gasteiger charge is 2.09. The summed E-state index contributed by atoms with van der Waals surface area (Å²) in [6.07, 6.45) is 12.0. The number of allylic oxidation sites excluding steroid dienone is 1. The summed E-state index contributed by atoms with van der Waals surface area (Å²) in [5, 5.41) is 0. The summed E-state index contributed by atoms with van der Waals surface area (Å²) in [6.45, 7) is 9.28. The van der Waals surface area contributed by atoms with Crippen LogP contribution in [0.25, 0.3) is 0 Å². The highest BCUT2D eigenvalue weighted by atomic mass is 15.1. The van der Waals surface area contributed by atoms with Crippen molar-refractivity contribution in [1.82, 2.24) is 4.90 Å². The lowest BCUT2D eigenvalue weighted by molar-refractivity contribution is 0.370. The van der Waals surface area contributed by atoms with Crippen molar-refractivity contribution in [2.75, 3.05) is 13.6 Å². The zero-order chi connectivity index (χ0) is 13.0. The van der Waals surface area contributed by atoms with Crippen molar-refractivity contribution in [2.24, 2.45) is 5.73 Å². The third-order valence-electron chi connectivity index (χ3n) is 1.70. The molecule has 0 radical (unpaired) electrons. The largest absolute Gasteiger partial charge is 0.381 e. The number of terminal acetylenes is 1. The minimum absolute atomic E-state index is 0.0891. The van der Waals surface area contributed by atoms with Gasteiger partial charge in [-0.05, 0) is 26.5 Å². The lowest BCUT2D eigenvalue weighted by Crippen LogP contribution is -2.35. The maximum atomic E-state index is 5.86. The van der Waals surface area contributed by atoms with Crippen molar-refractivity contribution in [2.45, 2.75) is 52.5 Å². The van der Waals surface area contributed by atoms with Crippen molar-refractivity contribution in [3.63, 3.8) is 0 Å². The first kappa shape index (κ1) is 17.5. The van der Waals surface area contributed by atoms with E-state index in [1.54, 1.807) is 0 Å². The molecule has 0 aromatic carbocycles. The molecule has 0 atom stereocenters. The van der Waals surface area contributed by atoms with Crippen LogP contribution in [-0.4, -0.2) is 24.0 Å². The van der Waals surface area contributed by atoms with Crippen LogP contribution in [0.1, 0.15) is 47.0 Å². The zero-order valence-corrected chi connectivity index (χ0v) is 11.6. The quantitative estimate of drug-likeness (QED) is 0.727. The van der Waals surface area contributed by atoms with E-state index in [9.17, 15) is 0 Å². The molecule has 0 aliphatic heterocycles. The van der Waals surface area contributed by atoms with Gasteiger partial charge in [0.25, 0.3) is 0 Å². The van der Waals surface area contributed by atoms with E-state index in [4.69, 9.17) is 12.2 Å². The molecule has 0 saturated heterocycles. The van der Waals surface area contributed by atoms with Gasteiger partial charge in [0.05, 0.1) is 0 Å². The highest BCUT2D eigenvalue weighted by Crippen LogP contribution is 2.04. The fourth-order valence-corrected chi connectivity index (χ4v) is 0.840. The van der Waals surface area contributed by atoms with Gasteiger partial charge in [0, 0.05) is 25.6 Å². The van der Waals surface area contributed by atoms with E-state index in [1.165, 1.54) is 6.42 Å². The van der Waals surface area contributed by atoms with Gasteiger partial charge in [-0.1, -0.05) is 26.3 Å². The topological polar surface area (TPSA) is 29.3 Å². The molecule has 2 heteroatoms. The second-order valence-corrected chi connectivity index (χ2v) is 4.72. The molecule has 94 valence electrons. The van der Waals surface area contributed by atoms with E-state index in [2.05, 4.69) is 24.7 Å². The van der Waals surface area contributed by atoms with Crippen LogP contribution in [0.15, 0.2) is 12.3 Å². The summed E-state index contributed by atoms with van der Waals surface area (Å²) in [4.78, 5) is 2.10. The van der Waals surface area contributed by atoms with Crippen LogP contribution in [-0.2, 0) is 0 Å². The van der Waals surface area contributed by atoms with Crippen molar-refractivity contribution < 1.29 is 0 Å². The van der Waals surface area contributed by atoms with Crippen LogP contribution in [0.4, 0.5) is 0 Å². The summed E-state index contributed by atoms with van der Waals surface area (Å²) in [7, 11) is 2.03. The molecule has 0 rings (SSSR count). The van der Waals surface area contributed by atoms with Crippen LogP contribution >= 0.6 is 0 Å². The third-order valence-corrected chi connectivity index (χ3v) is 1.70. The number of rotatable bonds is 5. The Morgan fingerprint density at radius 3 is 2.25 bits per heavy atom. The van der Waals surface area contributed by atoms with Crippen LogP contribution in [0.2, 0.25) is 0 Å². The number of hydrogen-bond acceptors (Lipinski definition) is 2. The summed E-state index contributed by atoms with van der Waals surface area (Å²) < 4.78 is 0. The average molecular weight is 224 g/mol. The maximum Gasteiger partial charge on any atom is 0.0283 e. The Morgan fingerprint density at radius 1 is 1.38 bits per heavy atom. The fraction of sp³-hybridized carbons (Fsp3) is 0.714. The summed E-state index contributed by atoms with van der Waals surface area (Å²) in [5.74, 6) is 2.56. The van der Waals surface area contributed by atoms with Crippen molar-refractivity contribution >= 4 is 0 Å². The molecule has 0 aromatic heterocycles. The van der Waals surface area contributed by atoms with Crippen molar-refractivity contribution in [1.29, 1.82) is 0 Å². The van der Waals surface area contributed by atoms with Gasteiger partial charge >= 0.3 is 0 Å². The zero-order valence-electron chi connectivity index (χ0n) is 11.6. The monoisotopic (exact) mass is 224 g/mol. The predicted molar refractivity (Wildman–Crippen MR) is 74.1 cm³/mol. The molecule has 0 heterocycles. The predicted octanol–water partition coefficient (Wildman–Crippen LogP) is 3.00. The second-order valence-electron chi connectivity index (χ2n) is 4.72. The maximum absolute atomic E-state index is 5.86. The van der Waals surface area contributed by atoms with Gasteiger partial charge in [-0.15, -0.1) is 12.3 Å². The van der Waals surface area contributed by atoms with Gasteiger partial charge < -0.3 is 10.6 Å². The molecule has 0 aliphatic carbocycles. The van der Waals surface area contributed by atoms with Crippen LogP contribution in [0, 0.1) is 12.3 Å². The Labute approximate surface area is 102 Å². The molecule has 0 spiro atoms. The molecular formula is C14H28N2. The number of nitrogens with zero attached hydrogens (tertiary/aromatic N) is 1. The third kappa shape index (κ3) is 18.8. The first-order chi connectivity index (χ1) is 7.37. The molecule has 2 N–H and O–H groups in total. The van der Waals surface area contributed by atoms with E-state index >= 15 is 0 Å². The first-order valence-corrected chi connectivity index (χ1v) is 5.96. The van der Waals surface area contributed by atoms with Crippen LogP contribution in [0.5, 0.6) is 0 Å². The smallest absolute Gasteiger partial charge is 0.0283 e. The van der Waals surface area contributed by atoms with Crippen molar-refractivity contribution in [3.05, 3.63) is 12.3 Å². The van der Waals surface area contributed by atoms with Gasteiger partial charge in [-0.25, -0.2) is 0 Å². The Balaban J connectivity index is 0. The molecule has 0 aliphatic rings. The molecule has 16 heavy (non-hydrogen) atoms. The molecule has 0 fully saturated rings. The normalized spacial score (nSPS) is 10.6. The van der Waals surface area contributed by atoms with Gasteiger partial charge in [0.15, 0.2) is 0 Å². The molecule has 0 unspecified atom stereocenters. The molecular weight excluding hydrogens is 196 g/mol. The Kier molecular flexibility index (Phi) is 11.5.